The molecule has 1 atom stereocenters. The first-order chi connectivity index (χ1) is 11.2. The molecule has 2 rings (SSSR count). The van der Waals surface area contributed by atoms with Gasteiger partial charge < -0.3 is 10.4 Å². The number of benzene rings is 2. The zero-order chi connectivity index (χ0) is 17.7. The molecular formula is C17H20N2O4S. The van der Waals surface area contributed by atoms with Crippen LogP contribution in [0.2, 0.25) is 0 Å². The van der Waals surface area contributed by atoms with Crippen molar-refractivity contribution in [3.63, 3.8) is 0 Å². The van der Waals surface area contributed by atoms with E-state index in [2.05, 4.69) is 10.0 Å². The fourth-order valence-electron chi connectivity index (χ4n) is 2.39. The third kappa shape index (κ3) is 5.27. The molecule has 0 radical (unpaired) electrons. The number of hydrogen-bond acceptors (Lipinski definition) is 4. The summed E-state index contributed by atoms with van der Waals surface area (Å²) in [7, 11) is -3.41. The predicted molar refractivity (Wildman–Crippen MR) is 93.3 cm³/mol. The summed E-state index contributed by atoms with van der Waals surface area (Å²) in [5, 5.41) is 12.3. The van der Waals surface area contributed by atoms with Crippen molar-refractivity contribution in [3.8, 4) is 5.75 Å². The topological polar surface area (TPSA) is 95.5 Å². The van der Waals surface area contributed by atoms with Crippen LogP contribution in [0.25, 0.3) is 0 Å². The molecule has 0 fully saturated rings. The number of aromatic hydroxyl groups is 1. The summed E-state index contributed by atoms with van der Waals surface area (Å²) in [5.41, 5.74) is 1.81. The average molecular weight is 348 g/mol. The molecule has 6 nitrogen and oxygen atoms in total. The second-order valence-corrected chi connectivity index (χ2v) is 7.35. The van der Waals surface area contributed by atoms with Gasteiger partial charge >= 0.3 is 0 Å². The van der Waals surface area contributed by atoms with Crippen LogP contribution in [0.1, 0.15) is 24.1 Å². The van der Waals surface area contributed by atoms with Crippen molar-refractivity contribution in [2.75, 3.05) is 11.0 Å². The van der Waals surface area contributed by atoms with Crippen LogP contribution < -0.4 is 10.0 Å². The molecule has 3 N–H and O–H groups in total. The van der Waals surface area contributed by atoms with Gasteiger partial charge in [0, 0.05) is 0 Å². The van der Waals surface area contributed by atoms with E-state index in [4.69, 9.17) is 0 Å². The molecule has 2 aromatic carbocycles. The summed E-state index contributed by atoms with van der Waals surface area (Å²) in [4.78, 5) is 12.2. The largest absolute Gasteiger partial charge is 0.508 e. The third-order valence-electron chi connectivity index (χ3n) is 3.38. The first-order valence-corrected chi connectivity index (χ1v) is 9.28. The summed E-state index contributed by atoms with van der Waals surface area (Å²) < 4.78 is 25.3. The Bertz CT molecular complexity index is 834. The van der Waals surface area contributed by atoms with Crippen molar-refractivity contribution in [2.45, 2.75) is 19.4 Å². The van der Waals surface area contributed by atoms with Crippen LogP contribution in [-0.2, 0) is 21.2 Å². The first-order valence-electron chi connectivity index (χ1n) is 7.38. The lowest BCUT2D eigenvalue weighted by Gasteiger charge is -2.18. The molecule has 2 aromatic rings. The number of hydrogen-bond donors (Lipinski definition) is 3. The van der Waals surface area contributed by atoms with E-state index in [-0.39, 0.29) is 24.1 Å². The molecule has 0 bridgehead atoms. The summed E-state index contributed by atoms with van der Waals surface area (Å²) in [6, 6.07) is 13.0. The van der Waals surface area contributed by atoms with Gasteiger partial charge in [-0.1, -0.05) is 30.3 Å². The number of anilines is 1. The standard InChI is InChI=1S/C17H20N2O4S/c1-12(15-8-3-4-9-16(15)19-24(2,22)23)18-17(21)11-13-6-5-7-14(20)10-13/h3-10,12,19-20H,11H2,1-2H3,(H,18,21)/t12-/m1/s1. The van der Waals surface area contributed by atoms with Crippen LogP contribution in [0.5, 0.6) is 5.75 Å². The normalized spacial score (nSPS) is 12.4. The molecule has 0 spiro atoms. The number of rotatable bonds is 6. The second-order valence-electron chi connectivity index (χ2n) is 5.60. The number of sulfonamides is 1. The van der Waals surface area contributed by atoms with Gasteiger partial charge in [-0.2, -0.15) is 0 Å². The van der Waals surface area contributed by atoms with E-state index < -0.39 is 10.0 Å². The Kier molecular flexibility index (Phi) is 5.46. The number of phenols is 1. The van der Waals surface area contributed by atoms with Gasteiger partial charge in [0.1, 0.15) is 5.75 Å². The van der Waals surface area contributed by atoms with Gasteiger partial charge in [0.2, 0.25) is 15.9 Å². The van der Waals surface area contributed by atoms with Crippen LogP contribution >= 0.6 is 0 Å². The average Bonchev–Trinajstić information content (AvgIpc) is 2.45. The van der Waals surface area contributed by atoms with E-state index in [1.165, 1.54) is 12.1 Å². The molecule has 7 heteroatoms. The van der Waals surface area contributed by atoms with Gasteiger partial charge in [-0.3, -0.25) is 9.52 Å². The molecule has 0 aromatic heterocycles. The monoisotopic (exact) mass is 348 g/mol. The zero-order valence-electron chi connectivity index (χ0n) is 13.5. The maximum atomic E-state index is 12.2. The minimum absolute atomic E-state index is 0.107. The maximum Gasteiger partial charge on any atom is 0.229 e. The van der Waals surface area contributed by atoms with Crippen LogP contribution in [0.15, 0.2) is 48.5 Å². The van der Waals surface area contributed by atoms with Crippen LogP contribution in [0.4, 0.5) is 5.69 Å². The number of carbonyl (C=O) groups excluding carboxylic acids is 1. The Balaban J connectivity index is 2.09. The third-order valence-corrected chi connectivity index (χ3v) is 3.97. The lowest BCUT2D eigenvalue weighted by Crippen LogP contribution is -2.28. The number of para-hydroxylation sites is 1. The molecule has 24 heavy (non-hydrogen) atoms. The van der Waals surface area contributed by atoms with E-state index in [1.807, 2.05) is 0 Å². The van der Waals surface area contributed by atoms with Gasteiger partial charge in [-0.25, -0.2) is 8.42 Å². The Hall–Kier alpha value is -2.54. The predicted octanol–water partition coefficient (Wildman–Crippen LogP) is 2.18. The minimum Gasteiger partial charge on any atom is -0.508 e. The minimum atomic E-state index is -3.41. The van der Waals surface area contributed by atoms with Crippen molar-refractivity contribution >= 4 is 21.6 Å². The van der Waals surface area contributed by atoms with E-state index in [9.17, 15) is 18.3 Å². The molecule has 0 aliphatic heterocycles. The molecule has 1 amide bonds. The Morgan fingerprint density at radius 1 is 1.17 bits per heavy atom. The van der Waals surface area contributed by atoms with Crippen molar-refractivity contribution in [1.82, 2.24) is 5.32 Å². The molecule has 0 saturated carbocycles. The fourth-order valence-corrected chi connectivity index (χ4v) is 2.97. The fraction of sp³-hybridized carbons (Fsp3) is 0.235. The Morgan fingerprint density at radius 2 is 1.88 bits per heavy atom. The SMILES string of the molecule is C[C@@H](NC(=O)Cc1cccc(O)c1)c1ccccc1NS(C)(=O)=O. The Labute approximate surface area is 141 Å². The van der Waals surface area contributed by atoms with E-state index in [0.717, 1.165) is 6.26 Å². The number of carbonyl (C=O) groups is 1. The van der Waals surface area contributed by atoms with Crippen molar-refractivity contribution in [1.29, 1.82) is 0 Å². The molecular weight excluding hydrogens is 328 g/mol. The van der Waals surface area contributed by atoms with Gasteiger partial charge in [-0.15, -0.1) is 0 Å². The van der Waals surface area contributed by atoms with E-state index >= 15 is 0 Å². The zero-order valence-corrected chi connectivity index (χ0v) is 14.3. The molecule has 0 heterocycles. The smallest absolute Gasteiger partial charge is 0.229 e. The van der Waals surface area contributed by atoms with Gasteiger partial charge in [0.05, 0.1) is 24.4 Å². The molecule has 0 unspecified atom stereocenters. The van der Waals surface area contributed by atoms with Crippen molar-refractivity contribution in [2.24, 2.45) is 0 Å². The molecule has 0 aliphatic rings. The highest BCUT2D eigenvalue weighted by molar-refractivity contribution is 7.92. The summed E-state index contributed by atoms with van der Waals surface area (Å²) in [6.45, 7) is 1.78. The Morgan fingerprint density at radius 3 is 2.54 bits per heavy atom. The highest BCUT2D eigenvalue weighted by atomic mass is 32.2. The lowest BCUT2D eigenvalue weighted by molar-refractivity contribution is -0.121. The van der Waals surface area contributed by atoms with E-state index in [0.29, 0.717) is 16.8 Å². The van der Waals surface area contributed by atoms with E-state index in [1.54, 1.807) is 43.3 Å². The number of amides is 1. The van der Waals surface area contributed by atoms with Crippen LogP contribution in [0, 0.1) is 0 Å². The maximum absolute atomic E-state index is 12.2. The highest BCUT2D eigenvalue weighted by Crippen LogP contribution is 2.23. The summed E-state index contributed by atoms with van der Waals surface area (Å²) >= 11 is 0. The number of phenolic OH excluding ortho intramolecular Hbond substituents is 1. The summed E-state index contributed by atoms with van der Waals surface area (Å²) in [5.74, 6) is -0.113. The van der Waals surface area contributed by atoms with Gasteiger partial charge in [-0.05, 0) is 36.2 Å². The molecule has 0 aliphatic carbocycles. The quantitative estimate of drug-likeness (QED) is 0.745. The van der Waals surface area contributed by atoms with Crippen molar-refractivity contribution in [3.05, 3.63) is 59.7 Å². The first kappa shape index (κ1) is 17.8. The lowest BCUT2D eigenvalue weighted by atomic mass is 10.1. The highest BCUT2D eigenvalue weighted by Gasteiger charge is 2.15. The van der Waals surface area contributed by atoms with Crippen molar-refractivity contribution < 1.29 is 18.3 Å². The van der Waals surface area contributed by atoms with Gasteiger partial charge in [0.25, 0.3) is 0 Å². The van der Waals surface area contributed by atoms with Crippen LogP contribution in [0.3, 0.4) is 0 Å². The van der Waals surface area contributed by atoms with Gasteiger partial charge in [0.15, 0.2) is 0 Å². The number of nitrogens with one attached hydrogen (secondary N) is 2. The second kappa shape index (κ2) is 7.35. The molecule has 0 saturated heterocycles. The molecule has 128 valence electrons. The van der Waals surface area contributed by atoms with Crippen LogP contribution in [-0.4, -0.2) is 25.7 Å². The summed E-state index contributed by atoms with van der Waals surface area (Å²) in [6.07, 6.45) is 1.20.